The van der Waals surface area contributed by atoms with Gasteiger partial charge in [-0.05, 0) is 36.4 Å². The zero-order chi connectivity index (χ0) is 27.8. The van der Waals surface area contributed by atoms with Gasteiger partial charge in [0.15, 0.2) is 5.76 Å². The number of carbonyl (C=O) groups is 4. The standard InChI is InChI=1S/C26H27N7O6/c1-15(34)31-17-5-3-16(4-6-17)22-7-8-23(39-22)25(36)32-20(9-18-11-27-13-29-18)24(35)33-21(26(37)38-2)10-19-12-28-14-30-19/h3-8,11-14,20-21H,9-10H2,1-2H3,(H,27,29)(H,28,30)(H,31,34)(H,32,36)(H,33,35)/t20-,21-/m0/s1. The molecule has 0 saturated carbocycles. The largest absolute Gasteiger partial charge is 0.467 e. The van der Waals surface area contributed by atoms with Crippen LogP contribution in [0.4, 0.5) is 5.69 Å². The van der Waals surface area contributed by atoms with Crippen LogP contribution in [0.1, 0.15) is 28.9 Å². The Morgan fingerprint density at radius 3 is 2.10 bits per heavy atom. The number of amides is 3. The van der Waals surface area contributed by atoms with Crippen molar-refractivity contribution in [2.24, 2.45) is 0 Å². The monoisotopic (exact) mass is 533 g/mol. The molecule has 5 N–H and O–H groups in total. The van der Waals surface area contributed by atoms with Gasteiger partial charge >= 0.3 is 5.97 Å². The Labute approximate surface area is 222 Å². The Hall–Kier alpha value is -5.20. The van der Waals surface area contributed by atoms with Crippen molar-refractivity contribution in [2.45, 2.75) is 31.8 Å². The van der Waals surface area contributed by atoms with E-state index in [4.69, 9.17) is 9.15 Å². The normalized spacial score (nSPS) is 12.3. The molecule has 4 aromatic rings. The van der Waals surface area contributed by atoms with Crippen LogP contribution in [0.15, 0.2) is 65.9 Å². The summed E-state index contributed by atoms with van der Waals surface area (Å²) in [4.78, 5) is 63.6. The molecule has 1 aromatic carbocycles. The summed E-state index contributed by atoms with van der Waals surface area (Å²) >= 11 is 0. The van der Waals surface area contributed by atoms with E-state index >= 15 is 0 Å². The number of ether oxygens (including phenoxy) is 1. The molecule has 0 saturated heterocycles. The SMILES string of the molecule is COC(=O)[C@H](Cc1cnc[nH]1)NC(=O)[C@H](Cc1cnc[nH]1)NC(=O)c1ccc(-c2ccc(NC(C)=O)cc2)o1. The molecule has 202 valence electrons. The number of aromatic nitrogens is 4. The minimum absolute atomic E-state index is 0.0136. The van der Waals surface area contributed by atoms with Crippen LogP contribution in [0.25, 0.3) is 11.3 Å². The summed E-state index contributed by atoms with van der Waals surface area (Å²) in [6, 6.07) is 7.95. The number of benzene rings is 1. The van der Waals surface area contributed by atoms with Crippen molar-refractivity contribution in [1.82, 2.24) is 30.6 Å². The van der Waals surface area contributed by atoms with Crippen molar-refractivity contribution in [2.75, 3.05) is 12.4 Å². The van der Waals surface area contributed by atoms with Crippen molar-refractivity contribution in [3.63, 3.8) is 0 Å². The summed E-state index contributed by atoms with van der Waals surface area (Å²) in [6.45, 7) is 1.42. The first kappa shape index (κ1) is 26.9. The Morgan fingerprint density at radius 1 is 0.897 bits per heavy atom. The number of carbonyl (C=O) groups excluding carboxylic acids is 4. The van der Waals surface area contributed by atoms with E-state index in [0.717, 1.165) is 0 Å². The second-order valence-corrected chi connectivity index (χ2v) is 8.59. The minimum atomic E-state index is -1.07. The number of nitrogens with one attached hydrogen (secondary N) is 5. The highest BCUT2D eigenvalue weighted by Gasteiger charge is 2.29. The number of imidazole rings is 2. The molecule has 3 amide bonds. The van der Waals surface area contributed by atoms with Gasteiger partial charge < -0.3 is 35.1 Å². The second-order valence-electron chi connectivity index (χ2n) is 8.59. The zero-order valence-corrected chi connectivity index (χ0v) is 21.2. The lowest BCUT2D eigenvalue weighted by Gasteiger charge is -2.21. The number of hydrogen-bond donors (Lipinski definition) is 5. The van der Waals surface area contributed by atoms with E-state index in [1.165, 1.54) is 45.1 Å². The molecule has 4 rings (SSSR count). The minimum Gasteiger partial charge on any atom is -0.467 e. The molecule has 2 atom stereocenters. The Balaban J connectivity index is 1.48. The first-order valence-corrected chi connectivity index (χ1v) is 11.9. The van der Waals surface area contributed by atoms with Crippen molar-refractivity contribution in [3.05, 3.63) is 78.6 Å². The number of H-pyrrole nitrogens is 2. The molecule has 13 heteroatoms. The zero-order valence-electron chi connectivity index (χ0n) is 21.2. The highest BCUT2D eigenvalue weighted by Crippen LogP contribution is 2.24. The quantitative estimate of drug-likeness (QED) is 0.180. The maximum absolute atomic E-state index is 13.3. The number of esters is 1. The molecule has 0 fully saturated rings. The molecule has 3 aromatic heterocycles. The maximum atomic E-state index is 13.3. The number of furan rings is 1. The summed E-state index contributed by atoms with van der Waals surface area (Å²) in [5.74, 6) is -1.65. The molecule has 0 bridgehead atoms. The van der Waals surface area contributed by atoms with E-state index < -0.39 is 29.9 Å². The van der Waals surface area contributed by atoms with Gasteiger partial charge in [0, 0.05) is 54.8 Å². The van der Waals surface area contributed by atoms with Crippen LogP contribution in [0.3, 0.4) is 0 Å². The molecule has 3 heterocycles. The first-order valence-electron chi connectivity index (χ1n) is 11.9. The van der Waals surface area contributed by atoms with Crippen molar-refractivity contribution < 1.29 is 28.3 Å². The number of nitrogens with zero attached hydrogens (tertiary/aromatic N) is 2. The lowest BCUT2D eigenvalue weighted by atomic mass is 10.1. The van der Waals surface area contributed by atoms with Crippen LogP contribution >= 0.6 is 0 Å². The third-order valence-electron chi connectivity index (χ3n) is 5.70. The summed E-state index contributed by atoms with van der Waals surface area (Å²) in [5, 5.41) is 8.01. The fourth-order valence-electron chi connectivity index (χ4n) is 3.82. The average molecular weight is 534 g/mol. The number of aromatic amines is 2. The van der Waals surface area contributed by atoms with Crippen LogP contribution in [-0.2, 0) is 32.0 Å². The van der Waals surface area contributed by atoms with Crippen LogP contribution < -0.4 is 16.0 Å². The number of rotatable bonds is 11. The molecule has 0 unspecified atom stereocenters. The van der Waals surface area contributed by atoms with Gasteiger partial charge in [-0.1, -0.05) is 0 Å². The fourth-order valence-corrected chi connectivity index (χ4v) is 3.82. The molecule has 0 aliphatic heterocycles. The average Bonchev–Trinajstić information content (AvgIpc) is 3.71. The highest BCUT2D eigenvalue weighted by molar-refractivity contribution is 5.97. The third kappa shape index (κ3) is 7.19. The van der Waals surface area contributed by atoms with E-state index in [1.54, 1.807) is 30.3 Å². The van der Waals surface area contributed by atoms with Crippen LogP contribution in [-0.4, -0.2) is 62.8 Å². The van der Waals surface area contributed by atoms with E-state index in [2.05, 4.69) is 35.9 Å². The van der Waals surface area contributed by atoms with Crippen LogP contribution in [0, 0.1) is 0 Å². The topological polar surface area (TPSA) is 184 Å². The first-order chi connectivity index (χ1) is 18.8. The summed E-state index contributed by atoms with van der Waals surface area (Å²) in [5.41, 5.74) is 2.53. The van der Waals surface area contributed by atoms with E-state index in [0.29, 0.717) is 28.4 Å². The molecule has 0 spiro atoms. The smallest absolute Gasteiger partial charge is 0.328 e. The maximum Gasteiger partial charge on any atom is 0.328 e. The molecule has 0 radical (unpaired) electrons. The number of methoxy groups -OCH3 is 1. The summed E-state index contributed by atoms with van der Waals surface area (Å²) in [7, 11) is 1.22. The molecular formula is C26H27N7O6. The summed E-state index contributed by atoms with van der Waals surface area (Å²) in [6.07, 6.45) is 6.18. The van der Waals surface area contributed by atoms with E-state index in [9.17, 15) is 19.2 Å². The van der Waals surface area contributed by atoms with Crippen molar-refractivity contribution in [3.8, 4) is 11.3 Å². The van der Waals surface area contributed by atoms with Gasteiger partial charge in [0.25, 0.3) is 5.91 Å². The molecule has 13 nitrogen and oxygen atoms in total. The van der Waals surface area contributed by atoms with Gasteiger partial charge in [0.1, 0.15) is 17.8 Å². The van der Waals surface area contributed by atoms with Gasteiger partial charge in [0.05, 0.1) is 19.8 Å². The Bertz CT molecular complexity index is 1410. The van der Waals surface area contributed by atoms with Crippen LogP contribution in [0.2, 0.25) is 0 Å². The summed E-state index contributed by atoms with van der Waals surface area (Å²) < 4.78 is 10.6. The van der Waals surface area contributed by atoms with Crippen molar-refractivity contribution in [1.29, 1.82) is 0 Å². The Kier molecular flexibility index (Phi) is 8.51. The predicted molar refractivity (Wildman–Crippen MR) is 138 cm³/mol. The molecule has 0 aliphatic carbocycles. The van der Waals surface area contributed by atoms with Crippen LogP contribution in [0.5, 0.6) is 0 Å². The number of hydrogen-bond acceptors (Lipinski definition) is 8. The van der Waals surface area contributed by atoms with Crippen molar-refractivity contribution >= 4 is 29.4 Å². The fraction of sp³-hybridized carbons (Fsp3) is 0.231. The lowest BCUT2D eigenvalue weighted by molar-refractivity contribution is -0.145. The number of anilines is 1. The van der Waals surface area contributed by atoms with Gasteiger partial charge in [-0.2, -0.15) is 0 Å². The lowest BCUT2D eigenvalue weighted by Crippen LogP contribution is -2.53. The van der Waals surface area contributed by atoms with E-state index in [1.807, 2.05) is 0 Å². The van der Waals surface area contributed by atoms with Gasteiger partial charge in [0.2, 0.25) is 11.8 Å². The molecule has 0 aliphatic rings. The van der Waals surface area contributed by atoms with Gasteiger partial charge in [-0.25, -0.2) is 14.8 Å². The Morgan fingerprint density at radius 2 is 1.54 bits per heavy atom. The molecule has 39 heavy (non-hydrogen) atoms. The second kappa shape index (κ2) is 12.4. The highest BCUT2D eigenvalue weighted by atomic mass is 16.5. The van der Waals surface area contributed by atoms with Gasteiger partial charge in [-0.15, -0.1) is 0 Å². The molecular weight excluding hydrogens is 506 g/mol. The van der Waals surface area contributed by atoms with Gasteiger partial charge in [-0.3, -0.25) is 14.4 Å². The third-order valence-corrected chi connectivity index (χ3v) is 5.70. The van der Waals surface area contributed by atoms with E-state index in [-0.39, 0.29) is 24.5 Å². The predicted octanol–water partition coefficient (Wildman–Crippen LogP) is 1.59.